The van der Waals surface area contributed by atoms with Crippen molar-refractivity contribution < 1.29 is 0 Å². The molecule has 1 aromatic rings. The second-order valence-corrected chi connectivity index (χ2v) is 5.15. The first-order valence-electron chi connectivity index (χ1n) is 6.07. The highest BCUT2D eigenvalue weighted by Gasteiger charge is 2.33. The summed E-state index contributed by atoms with van der Waals surface area (Å²) in [5.74, 6) is 0.710. The minimum absolute atomic E-state index is 0.710. The van der Waals surface area contributed by atoms with Gasteiger partial charge >= 0.3 is 0 Å². The predicted molar refractivity (Wildman–Crippen MR) is 64.4 cm³/mol. The molecule has 1 unspecified atom stereocenters. The van der Waals surface area contributed by atoms with E-state index in [1.54, 1.807) is 0 Å². The van der Waals surface area contributed by atoms with Crippen molar-refractivity contribution in [1.29, 1.82) is 5.26 Å². The summed E-state index contributed by atoms with van der Waals surface area (Å²) in [6.45, 7) is 3.49. The van der Waals surface area contributed by atoms with E-state index >= 15 is 0 Å². The molecule has 82 valence electrons. The van der Waals surface area contributed by atoms with Gasteiger partial charge in [0.05, 0.1) is 11.6 Å². The van der Waals surface area contributed by atoms with Crippen LogP contribution in [0.25, 0.3) is 0 Å². The van der Waals surface area contributed by atoms with Crippen LogP contribution in [-0.4, -0.2) is 12.6 Å². The summed E-state index contributed by atoms with van der Waals surface area (Å²) in [4.78, 5) is 2.55. The largest absolute Gasteiger partial charge is 0.368 e. The minimum Gasteiger partial charge on any atom is -0.368 e. The highest BCUT2D eigenvalue weighted by Crippen LogP contribution is 2.38. The highest BCUT2D eigenvalue weighted by atomic mass is 15.2. The van der Waals surface area contributed by atoms with Gasteiger partial charge in [0.15, 0.2) is 0 Å². The van der Waals surface area contributed by atoms with E-state index < -0.39 is 0 Å². The average molecular weight is 212 g/mol. The first kappa shape index (κ1) is 9.72. The molecule has 3 rings (SSSR count). The molecule has 0 amide bonds. The molecule has 1 saturated carbocycles. The van der Waals surface area contributed by atoms with Crippen molar-refractivity contribution in [2.75, 3.05) is 11.4 Å². The van der Waals surface area contributed by atoms with Gasteiger partial charge < -0.3 is 4.90 Å². The highest BCUT2D eigenvalue weighted by molar-refractivity contribution is 5.59. The summed E-state index contributed by atoms with van der Waals surface area (Å²) in [6.07, 6.45) is 3.80. The Kier molecular flexibility index (Phi) is 2.14. The van der Waals surface area contributed by atoms with Crippen molar-refractivity contribution in [1.82, 2.24) is 0 Å². The van der Waals surface area contributed by atoms with E-state index in [2.05, 4.69) is 30.0 Å². The maximum Gasteiger partial charge on any atom is 0.0991 e. The van der Waals surface area contributed by atoms with Gasteiger partial charge in [-0.2, -0.15) is 5.26 Å². The summed E-state index contributed by atoms with van der Waals surface area (Å²) in [6, 6.07) is 9.16. The second kappa shape index (κ2) is 3.52. The quantitative estimate of drug-likeness (QED) is 0.715. The van der Waals surface area contributed by atoms with Crippen molar-refractivity contribution in [2.24, 2.45) is 5.92 Å². The standard InChI is InChI=1S/C14H16N2/c1-10-6-12-7-11(8-15)2-5-14(12)16(9-10)13-3-4-13/h2,5,7,10,13H,3-4,6,9H2,1H3. The van der Waals surface area contributed by atoms with Crippen molar-refractivity contribution in [3.8, 4) is 6.07 Å². The molecule has 1 aromatic carbocycles. The molecule has 1 fully saturated rings. The monoisotopic (exact) mass is 212 g/mol. The predicted octanol–water partition coefficient (Wildman–Crippen LogP) is 2.72. The lowest BCUT2D eigenvalue weighted by Crippen LogP contribution is -2.35. The van der Waals surface area contributed by atoms with E-state index in [0.717, 1.165) is 18.0 Å². The van der Waals surface area contributed by atoms with Crippen LogP contribution in [0.2, 0.25) is 0 Å². The maximum absolute atomic E-state index is 8.93. The van der Waals surface area contributed by atoms with E-state index in [9.17, 15) is 0 Å². The third-order valence-corrected chi connectivity index (χ3v) is 3.58. The summed E-state index contributed by atoms with van der Waals surface area (Å²) in [5.41, 5.74) is 3.54. The molecule has 0 bridgehead atoms. The van der Waals surface area contributed by atoms with E-state index in [1.165, 1.54) is 30.6 Å². The molecule has 2 heteroatoms. The Balaban J connectivity index is 2.02. The minimum atomic E-state index is 0.710. The van der Waals surface area contributed by atoms with Gasteiger partial charge in [-0.05, 0) is 48.9 Å². The number of nitriles is 1. The van der Waals surface area contributed by atoms with Gasteiger partial charge in [-0.15, -0.1) is 0 Å². The Morgan fingerprint density at radius 2 is 2.19 bits per heavy atom. The molecule has 1 heterocycles. The van der Waals surface area contributed by atoms with Gasteiger partial charge in [-0.3, -0.25) is 0 Å². The molecule has 0 radical (unpaired) electrons. The van der Waals surface area contributed by atoms with Crippen LogP contribution in [0.3, 0.4) is 0 Å². The first-order valence-corrected chi connectivity index (χ1v) is 6.07. The van der Waals surface area contributed by atoms with Crippen LogP contribution in [0.15, 0.2) is 18.2 Å². The van der Waals surface area contributed by atoms with E-state index in [1.807, 2.05) is 6.07 Å². The molecular formula is C14H16N2. The van der Waals surface area contributed by atoms with Gasteiger partial charge in [0.1, 0.15) is 0 Å². The van der Waals surface area contributed by atoms with Crippen LogP contribution in [0, 0.1) is 17.2 Å². The molecule has 1 aliphatic heterocycles. The molecule has 0 aromatic heterocycles. The molecule has 0 spiro atoms. The van der Waals surface area contributed by atoms with E-state index in [0.29, 0.717) is 5.92 Å². The molecule has 0 N–H and O–H groups in total. The molecule has 1 aliphatic carbocycles. The summed E-state index contributed by atoms with van der Waals surface area (Å²) in [5, 5.41) is 8.93. The fourth-order valence-corrected chi connectivity index (χ4v) is 2.70. The third-order valence-electron chi connectivity index (χ3n) is 3.58. The topological polar surface area (TPSA) is 27.0 Å². The third kappa shape index (κ3) is 1.57. The van der Waals surface area contributed by atoms with Crippen molar-refractivity contribution >= 4 is 5.69 Å². The van der Waals surface area contributed by atoms with Crippen LogP contribution in [0.4, 0.5) is 5.69 Å². The number of rotatable bonds is 1. The van der Waals surface area contributed by atoms with Crippen molar-refractivity contribution in [2.45, 2.75) is 32.2 Å². The zero-order valence-electron chi connectivity index (χ0n) is 9.61. The number of benzene rings is 1. The van der Waals surface area contributed by atoms with Gasteiger partial charge in [0.2, 0.25) is 0 Å². The average Bonchev–Trinajstić information content (AvgIpc) is 3.10. The van der Waals surface area contributed by atoms with Crippen LogP contribution in [-0.2, 0) is 6.42 Å². The van der Waals surface area contributed by atoms with E-state index in [4.69, 9.17) is 5.26 Å². The Bertz CT molecular complexity index is 454. The fraction of sp³-hybridized carbons (Fsp3) is 0.500. The Morgan fingerprint density at radius 3 is 2.88 bits per heavy atom. The Morgan fingerprint density at radius 1 is 1.38 bits per heavy atom. The van der Waals surface area contributed by atoms with Crippen LogP contribution in [0.1, 0.15) is 30.9 Å². The number of anilines is 1. The number of fused-ring (bicyclic) bond motifs is 1. The number of nitrogens with zero attached hydrogens (tertiary/aromatic N) is 2. The molecule has 1 atom stereocenters. The zero-order chi connectivity index (χ0) is 11.1. The molecule has 0 saturated heterocycles. The van der Waals surface area contributed by atoms with Gasteiger partial charge in [-0.1, -0.05) is 6.92 Å². The van der Waals surface area contributed by atoms with Crippen LogP contribution in [0.5, 0.6) is 0 Å². The zero-order valence-corrected chi connectivity index (χ0v) is 9.61. The van der Waals surface area contributed by atoms with Crippen LogP contribution >= 0.6 is 0 Å². The normalized spacial score (nSPS) is 23.8. The summed E-state index contributed by atoms with van der Waals surface area (Å²) in [7, 11) is 0. The van der Waals surface area contributed by atoms with Gasteiger partial charge in [0.25, 0.3) is 0 Å². The Hall–Kier alpha value is -1.49. The summed E-state index contributed by atoms with van der Waals surface area (Å²) < 4.78 is 0. The van der Waals surface area contributed by atoms with Crippen LogP contribution < -0.4 is 4.90 Å². The van der Waals surface area contributed by atoms with E-state index in [-0.39, 0.29) is 0 Å². The lowest BCUT2D eigenvalue weighted by molar-refractivity contribution is 0.529. The van der Waals surface area contributed by atoms with Crippen molar-refractivity contribution in [3.05, 3.63) is 29.3 Å². The smallest absolute Gasteiger partial charge is 0.0991 e. The molecule has 2 nitrogen and oxygen atoms in total. The second-order valence-electron chi connectivity index (χ2n) is 5.15. The van der Waals surface area contributed by atoms with Gasteiger partial charge in [0, 0.05) is 18.3 Å². The SMILES string of the molecule is CC1Cc2cc(C#N)ccc2N(C2CC2)C1. The number of hydrogen-bond donors (Lipinski definition) is 0. The fourth-order valence-electron chi connectivity index (χ4n) is 2.70. The number of hydrogen-bond acceptors (Lipinski definition) is 2. The van der Waals surface area contributed by atoms with Crippen molar-refractivity contribution in [3.63, 3.8) is 0 Å². The lowest BCUT2D eigenvalue weighted by atomic mass is 9.92. The molecule has 2 aliphatic rings. The summed E-state index contributed by atoms with van der Waals surface area (Å²) >= 11 is 0. The molecular weight excluding hydrogens is 196 g/mol. The lowest BCUT2D eigenvalue weighted by Gasteiger charge is -2.35. The van der Waals surface area contributed by atoms with Gasteiger partial charge in [-0.25, -0.2) is 0 Å². The molecule has 16 heavy (non-hydrogen) atoms. The maximum atomic E-state index is 8.93. The first-order chi connectivity index (χ1) is 7.78. The Labute approximate surface area is 96.5 Å².